The van der Waals surface area contributed by atoms with Gasteiger partial charge in [0.25, 0.3) is 0 Å². The van der Waals surface area contributed by atoms with E-state index in [2.05, 4.69) is 11.8 Å². The zero-order valence-electron chi connectivity index (χ0n) is 11.8. The van der Waals surface area contributed by atoms with E-state index < -0.39 is 9.84 Å². The molecule has 1 aliphatic rings. The first-order valence-electron chi connectivity index (χ1n) is 6.69. The molecule has 0 saturated carbocycles. The van der Waals surface area contributed by atoms with Crippen LogP contribution in [0.25, 0.3) is 0 Å². The van der Waals surface area contributed by atoms with Gasteiger partial charge in [-0.1, -0.05) is 6.92 Å². The molecular weight excluding hydrogens is 266 g/mol. The first-order valence-corrected chi connectivity index (χ1v) is 8.76. The topological polar surface area (TPSA) is 83.7 Å². The van der Waals surface area contributed by atoms with E-state index in [1.54, 1.807) is 4.90 Å². The molecule has 1 unspecified atom stereocenters. The molecule has 0 aromatic heterocycles. The third-order valence-electron chi connectivity index (χ3n) is 3.30. The normalized spacial score (nSPS) is 20.1. The highest BCUT2D eigenvalue weighted by molar-refractivity contribution is 7.91. The Labute approximate surface area is 115 Å². The summed E-state index contributed by atoms with van der Waals surface area (Å²) in [7, 11) is -3.24. The standard InChI is InChI=1S/C12H25N3O3S/c1-11(8-13)9-14-4-3-5-15(7-6-14)12(16)10-19(2,17)18/h11H,3-10,13H2,1-2H3. The Morgan fingerprint density at radius 1 is 1.26 bits per heavy atom. The molecule has 7 heteroatoms. The summed E-state index contributed by atoms with van der Waals surface area (Å²) < 4.78 is 22.3. The van der Waals surface area contributed by atoms with Crippen molar-refractivity contribution in [2.45, 2.75) is 13.3 Å². The van der Waals surface area contributed by atoms with Gasteiger partial charge in [0.05, 0.1) is 0 Å². The lowest BCUT2D eigenvalue weighted by Gasteiger charge is -2.23. The number of amides is 1. The third kappa shape index (κ3) is 6.35. The molecule has 1 amide bonds. The number of carbonyl (C=O) groups excluding carboxylic acids is 1. The summed E-state index contributed by atoms with van der Waals surface area (Å²) >= 11 is 0. The predicted molar refractivity (Wildman–Crippen MR) is 75.6 cm³/mol. The maximum Gasteiger partial charge on any atom is 0.237 e. The Morgan fingerprint density at radius 2 is 1.95 bits per heavy atom. The van der Waals surface area contributed by atoms with Crippen molar-refractivity contribution in [1.82, 2.24) is 9.80 Å². The first kappa shape index (κ1) is 16.4. The van der Waals surface area contributed by atoms with E-state index in [1.165, 1.54) is 0 Å². The Balaban J connectivity index is 2.47. The van der Waals surface area contributed by atoms with Crippen LogP contribution >= 0.6 is 0 Å². The fraction of sp³-hybridized carbons (Fsp3) is 0.917. The lowest BCUT2D eigenvalue weighted by atomic mass is 10.1. The number of nitrogens with two attached hydrogens (primary N) is 1. The van der Waals surface area contributed by atoms with Crippen LogP contribution in [0.1, 0.15) is 13.3 Å². The summed E-state index contributed by atoms with van der Waals surface area (Å²) in [6.07, 6.45) is 1.98. The third-order valence-corrected chi connectivity index (χ3v) is 4.07. The van der Waals surface area contributed by atoms with Gasteiger partial charge in [0.15, 0.2) is 9.84 Å². The van der Waals surface area contributed by atoms with Gasteiger partial charge < -0.3 is 15.5 Å². The number of sulfone groups is 1. The molecule has 1 saturated heterocycles. The lowest BCUT2D eigenvalue weighted by molar-refractivity contribution is -0.128. The Morgan fingerprint density at radius 3 is 2.53 bits per heavy atom. The second kappa shape index (κ2) is 7.21. The van der Waals surface area contributed by atoms with Crippen molar-refractivity contribution in [2.75, 3.05) is 51.3 Å². The number of rotatable bonds is 5. The van der Waals surface area contributed by atoms with Gasteiger partial charge in [0.2, 0.25) is 5.91 Å². The smallest absolute Gasteiger partial charge is 0.237 e. The van der Waals surface area contributed by atoms with Gasteiger partial charge in [-0.3, -0.25) is 4.79 Å². The molecule has 1 fully saturated rings. The molecule has 0 aromatic rings. The van der Waals surface area contributed by atoms with Crippen LogP contribution in [0.3, 0.4) is 0 Å². The maximum atomic E-state index is 11.9. The van der Waals surface area contributed by atoms with E-state index in [9.17, 15) is 13.2 Å². The van der Waals surface area contributed by atoms with Crippen molar-refractivity contribution in [3.8, 4) is 0 Å². The van der Waals surface area contributed by atoms with Gasteiger partial charge in [0, 0.05) is 32.4 Å². The van der Waals surface area contributed by atoms with Crippen molar-refractivity contribution in [2.24, 2.45) is 11.7 Å². The quantitative estimate of drug-likeness (QED) is 0.714. The molecule has 1 aliphatic heterocycles. The highest BCUT2D eigenvalue weighted by Crippen LogP contribution is 2.07. The van der Waals surface area contributed by atoms with E-state index in [0.717, 1.165) is 32.3 Å². The van der Waals surface area contributed by atoms with Gasteiger partial charge in [0.1, 0.15) is 5.75 Å². The summed E-state index contributed by atoms with van der Waals surface area (Å²) in [6.45, 7) is 6.68. The average Bonchev–Trinajstić information content (AvgIpc) is 2.52. The molecule has 1 heterocycles. The number of carbonyl (C=O) groups is 1. The monoisotopic (exact) mass is 291 g/mol. The molecular formula is C12H25N3O3S. The molecule has 1 atom stereocenters. The van der Waals surface area contributed by atoms with Crippen LogP contribution in [0.2, 0.25) is 0 Å². The van der Waals surface area contributed by atoms with E-state index in [0.29, 0.717) is 25.6 Å². The van der Waals surface area contributed by atoms with Crippen molar-refractivity contribution >= 4 is 15.7 Å². The van der Waals surface area contributed by atoms with Crippen LogP contribution in [0.4, 0.5) is 0 Å². The molecule has 0 radical (unpaired) electrons. The Hall–Kier alpha value is -0.660. The summed E-state index contributed by atoms with van der Waals surface area (Å²) in [5.74, 6) is -0.221. The molecule has 19 heavy (non-hydrogen) atoms. The highest BCUT2D eigenvalue weighted by Gasteiger charge is 2.22. The molecule has 0 aromatic carbocycles. The fourth-order valence-electron chi connectivity index (χ4n) is 2.23. The van der Waals surface area contributed by atoms with Crippen molar-refractivity contribution in [1.29, 1.82) is 0 Å². The van der Waals surface area contributed by atoms with Crippen LogP contribution in [-0.4, -0.2) is 75.4 Å². The number of hydrogen-bond acceptors (Lipinski definition) is 5. The van der Waals surface area contributed by atoms with Crippen molar-refractivity contribution < 1.29 is 13.2 Å². The van der Waals surface area contributed by atoms with Crippen LogP contribution < -0.4 is 5.73 Å². The van der Waals surface area contributed by atoms with E-state index >= 15 is 0 Å². The second-order valence-corrected chi connectivity index (χ2v) is 7.59. The van der Waals surface area contributed by atoms with Gasteiger partial charge in [-0.2, -0.15) is 0 Å². The number of nitrogens with zero attached hydrogens (tertiary/aromatic N) is 2. The van der Waals surface area contributed by atoms with E-state index in [4.69, 9.17) is 5.73 Å². The molecule has 112 valence electrons. The summed E-state index contributed by atoms with van der Waals surface area (Å²) in [5.41, 5.74) is 5.62. The van der Waals surface area contributed by atoms with Gasteiger partial charge >= 0.3 is 0 Å². The zero-order valence-corrected chi connectivity index (χ0v) is 12.7. The molecule has 2 N–H and O–H groups in total. The molecule has 0 spiro atoms. The Bertz CT molecular complexity index is 397. The van der Waals surface area contributed by atoms with Crippen LogP contribution in [-0.2, 0) is 14.6 Å². The molecule has 1 rings (SSSR count). The average molecular weight is 291 g/mol. The highest BCUT2D eigenvalue weighted by atomic mass is 32.2. The van der Waals surface area contributed by atoms with Crippen LogP contribution in [0, 0.1) is 5.92 Å². The second-order valence-electron chi connectivity index (χ2n) is 5.45. The van der Waals surface area contributed by atoms with Gasteiger partial charge in [-0.15, -0.1) is 0 Å². The maximum absolute atomic E-state index is 11.9. The largest absolute Gasteiger partial charge is 0.340 e. The van der Waals surface area contributed by atoms with Crippen LogP contribution in [0.5, 0.6) is 0 Å². The summed E-state index contributed by atoms with van der Waals surface area (Å²) in [5, 5.41) is 0. The van der Waals surface area contributed by atoms with Gasteiger partial charge in [-0.25, -0.2) is 8.42 Å². The summed E-state index contributed by atoms with van der Waals surface area (Å²) in [4.78, 5) is 15.8. The SMILES string of the molecule is CC(CN)CN1CCCN(C(=O)CS(C)(=O)=O)CC1. The number of hydrogen-bond donors (Lipinski definition) is 1. The molecule has 6 nitrogen and oxygen atoms in total. The molecule has 0 bridgehead atoms. The van der Waals surface area contributed by atoms with Crippen molar-refractivity contribution in [3.63, 3.8) is 0 Å². The lowest BCUT2D eigenvalue weighted by Crippen LogP contribution is -2.39. The van der Waals surface area contributed by atoms with Crippen molar-refractivity contribution in [3.05, 3.63) is 0 Å². The zero-order chi connectivity index (χ0) is 14.5. The minimum absolute atomic E-state index is 0.281. The predicted octanol–water partition coefficient (Wildman–Crippen LogP) is -0.840. The van der Waals surface area contributed by atoms with Crippen LogP contribution in [0.15, 0.2) is 0 Å². The van der Waals surface area contributed by atoms with E-state index in [-0.39, 0.29) is 11.7 Å². The minimum atomic E-state index is -3.24. The Kier molecular flexibility index (Phi) is 6.22. The summed E-state index contributed by atoms with van der Waals surface area (Å²) in [6, 6.07) is 0. The molecule has 0 aliphatic carbocycles. The van der Waals surface area contributed by atoms with Gasteiger partial charge in [-0.05, 0) is 25.4 Å². The fourth-order valence-corrected chi connectivity index (χ4v) is 2.86. The first-order chi connectivity index (χ1) is 8.81. The van der Waals surface area contributed by atoms with E-state index in [1.807, 2.05) is 0 Å². The minimum Gasteiger partial charge on any atom is -0.340 e.